The second-order valence-corrected chi connectivity index (χ2v) is 4.42. The number of aliphatic hydroxyl groups is 1. The van der Waals surface area contributed by atoms with Crippen molar-refractivity contribution in [1.29, 1.82) is 0 Å². The van der Waals surface area contributed by atoms with Gasteiger partial charge in [-0.3, -0.25) is 0 Å². The van der Waals surface area contributed by atoms with Crippen LogP contribution in [0.25, 0.3) is 0 Å². The zero-order valence-electron chi connectivity index (χ0n) is 11.4. The van der Waals surface area contributed by atoms with Crippen LogP contribution in [0.15, 0.2) is 63.7 Å². The maximum absolute atomic E-state index is 9.45. The van der Waals surface area contributed by atoms with E-state index in [9.17, 15) is 5.11 Å². The van der Waals surface area contributed by atoms with Gasteiger partial charge in [0, 0.05) is 18.3 Å². The van der Waals surface area contributed by atoms with Gasteiger partial charge < -0.3 is 21.5 Å². The van der Waals surface area contributed by atoms with Gasteiger partial charge in [0.25, 0.3) is 0 Å². The van der Waals surface area contributed by atoms with Gasteiger partial charge in [-0.1, -0.05) is 18.2 Å². The molecule has 106 valence electrons. The summed E-state index contributed by atoms with van der Waals surface area (Å²) in [6, 6.07) is 9.38. The molecule has 6 heteroatoms. The maximum atomic E-state index is 9.45. The molecule has 1 aliphatic heterocycles. The van der Waals surface area contributed by atoms with Crippen LogP contribution < -0.4 is 11.5 Å². The Hall–Kier alpha value is -2.18. The number of likely N-dealkylation sites (N-methyl/N-ethyl adjacent to an activating group) is 1. The molecule has 0 aromatic heterocycles. The first kappa shape index (κ1) is 14.2. The largest absolute Gasteiger partial charge is 0.399 e. The summed E-state index contributed by atoms with van der Waals surface area (Å²) in [6.45, 7) is 2.46. The smallest absolute Gasteiger partial charge is 0.118 e. The summed E-state index contributed by atoms with van der Waals surface area (Å²) in [7, 11) is 0. The van der Waals surface area contributed by atoms with E-state index < -0.39 is 6.17 Å². The summed E-state index contributed by atoms with van der Waals surface area (Å²) in [5.41, 5.74) is 14.2. The lowest BCUT2D eigenvalue weighted by atomic mass is 10.1. The molecule has 0 bridgehead atoms. The van der Waals surface area contributed by atoms with E-state index in [1.807, 2.05) is 42.2 Å². The minimum Gasteiger partial charge on any atom is -0.399 e. The van der Waals surface area contributed by atoms with E-state index in [0.29, 0.717) is 23.5 Å². The summed E-state index contributed by atoms with van der Waals surface area (Å²) >= 11 is 0. The van der Waals surface area contributed by atoms with Gasteiger partial charge in [-0.2, -0.15) is 5.11 Å². The average molecular weight is 273 g/mol. The van der Waals surface area contributed by atoms with Crippen molar-refractivity contribution in [2.24, 2.45) is 21.7 Å². The highest BCUT2D eigenvalue weighted by Gasteiger charge is 2.24. The van der Waals surface area contributed by atoms with Crippen LogP contribution in [0.5, 0.6) is 0 Å². The molecule has 1 aromatic rings. The first-order valence-corrected chi connectivity index (χ1v) is 6.47. The number of nitrogens with two attached hydrogens (primary N) is 2. The first-order chi connectivity index (χ1) is 9.67. The van der Waals surface area contributed by atoms with E-state index >= 15 is 0 Å². The zero-order chi connectivity index (χ0) is 14.5. The van der Waals surface area contributed by atoms with Crippen LogP contribution in [0.3, 0.4) is 0 Å². The quantitative estimate of drug-likeness (QED) is 0.722. The minimum atomic E-state index is -0.433. The number of rotatable bonds is 4. The van der Waals surface area contributed by atoms with Crippen molar-refractivity contribution in [3.63, 3.8) is 0 Å². The van der Waals surface area contributed by atoms with Crippen LogP contribution in [0, 0.1) is 0 Å². The molecule has 0 radical (unpaired) electrons. The van der Waals surface area contributed by atoms with Crippen molar-refractivity contribution in [1.82, 2.24) is 4.90 Å². The van der Waals surface area contributed by atoms with Crippen LogP contribution in [-0.4, -0.2) is 29.3 Å². The molecule has 5 N–H and O–H groups in total. The molecule has 6 nitrogen and oxygen atoms in total. The highest BCUT2D eigenvalue weighted by molar-refractivity contribution is 5.40. The molecule has 1 heterocycles. The summed E-state index contributed by atoms with van der Waals surface area (Å²) in [5, 5.41) is 17.8. The second-order valence-electron chi connectivity index (χ2n) is 4.42. The van der Waals surface area contributed by atoms with E-state index in [-0.39, 0.29) is 6.61 Å². The third-order valence-electron chi connectivity index (χ3n) is 3.17. The molecule has 0 fully saturated rings. The fourth-order valence-electron chi connectivity index (χ4n) is 1.97. The van der Waals surface area contributed by atoms with E-state index in [4.69, 9.17) is 11.5 Å². The van der Waals surface area contributed by atoms with Crippen molar-refractivity contribution in [3.8, 4) is 0 Å². The molecule has 0 amide bonds. The van der Waals surface area contributed by atoms with Gasteiger partial charge in [-0.05, 0) is 19.1 Å². The predicted molar refractivity (Wildman–Crippen MR) is 77.7 cm³/mol. The molecule has 0 saturated heterocycles. The third-order valence-corrected chi connectivity index (χ3v) is 3.17. The van der Waals surface area contributed by atoms with Crippen molar-refractivity contribution in [2.75, 3.05) is 13.2 Å². The number of azo groups is 1. The van der Waals surface area contributed by atoms with E-state index in [1.54, 1.807) is 6.20 Å². The molecule has 1 aliphatic rings. The zero-order valence-corrected chi connectivity index (χ0v) is 11.4. The van der Waals surface area contributed by atoms with E-state index in [1.165, 1.54) is 0 Å². The second kappa shape index (κ2) is 6.31. The standard InChI is InChI=1S/C14H19N5O/c1-2-19-8-12(11(9-20)13(15)14(19)16)18-17-10-6-4-3-5-7-10/h3-8,14,20H,2,9,15-16H2,1H3. The Labute approximate surface area is 118 Å². The van der Waals surface area contributed by atoms with Crippen LogP contribution in [0.1, 0.15) is 6.92 Å². The van der Waals surface area contributed by atoms with Gasteiger partial charge in [-0.15, -0.1) is 5.11 Å². The Balaban J connectivity index is 2.31. The molecule has 0 aliphatic carbocycles. The Kier molecular flexibility index (Phi) is 4.49. The summed E-state index contributed by atoms with van der Waals surface area (Å²) in [6.07, 6.45) is 1.34. The number of hydrogen-bond acceptors (Lipinski definition) is 6. The molecule has 2 rings (SSSR count). The monoisotopic (exact) mass is 273 g/mol. The lowest BCUT2D eigenvalue weighted by Gasteiger charge is -2.32. The van der Waals surface area contributed by atoms with Crippen LogP contribution in [-0.2, 0) is 0 Å². The number of nitrogens with zero attached hydrogens (tertiary/aromatic N) is 3. The van der Waals surface area contributed by atoms with Gasteiger partial charge in [-0.25, -0.2) is 0 Å². The Morgan fingerprint density at radius 3 is 2.55 bits per heavy atom. The molecule has 1 aromatic carbocycles. The Morgan fingerprint density at radius 2 is 1.95 bits per heavy atom. The highest BCUT2D eigenvalue weighted by Crippen LogP contribution is 2.24. The normalized spacial score (nSPS) is 19.6. The van der Waals surface area contributed by atoms with E-state index in [0.717, 1.165) is 5.69 Å². The number of hydrogen-bond donors (Lipinski definition) is 3. The topological polar surface area (TPSA) is 100 Å². The number of benzene rings is 1. The van der Waals surface area contributed by atoms with Gasteiger partial charge in [0.15, 0.2) is 0 Å². The van der Waals surface area contributed by atoms with Crippen molar-refractivity contribution in [2.45, 2.75) is 13.1 Å². The van der Waals surface area contributed by atoms with Crippen LogP contribution in [0.4, 0.5) is 5.69 Å². The Bertz CT molecular complexity index is 550. The lowest BCUT2D eigenvalue weighted by Crippen LogP contribution is -2.45. The van der Waals surface area contributed by atoms with E-state index in [2.05, 4.69) is 10.2 Å². The summed E-state index contributed by atoms with van der Waals surface area (Å²) in [5.74, 6) is 0. The molecule has 1 unspecified atom stereocenters. The predicted octanol–water partition coefficient (Wildman–Crippen LogP) is 1.44. The van der Waals surface area contributed by atoms with Gasteiger partial charge in [0.2, 0.25) is 0 Å². The maximum Gasteiger partial charge on any atom is 0.118 e. The fraction of sp³-hybridized carbons (Fsp3) is 0.286. The van der Waals surface area contributed by atoms with Crippen LogP contribution in [0.2, 0.25) is 0 Å². The Morgan fingerprint density at radius 1 is 1.25 bits per heavy atom. The molecule has 0 saturated carbocycles. The third kappa shape index (κ3) is 2.87. The SMILES string of the molecule is CCN1C=C(N=Nc2ccccc2)C(CO)=C(N)C1N. The van der Waals surface area contributed by atoms with Gasteiger partial charge >= 0.3 is 0 Å². The summed E-state index contributed by atoms with van der Waals surface area (Å²) in [4.78, 5) is 1.86. The average Bonchev–Trinajstić information content (AvgIpc) is 2.49. The fourth-order valence-corrected chi connectivity index (χ4v) is 1.97. The van der Waals surface area contributed by atoms with Crippen LogP contribution >= 0.6 is 0 Å². The van der Waals surface area contributed by atoms with Crippen molar-refractivity contribution in [3.05, 3.63) is 53.5 Å². The minimum absolute atomic E-state index is 0.212. The highest BCUT2D eigenvalue weighted by atomic mass is 16.3. The molecule has 1 atom stereocenters. The molecule has 0 spiro atoms. The number of aliphatic hydroxyl groups excluding tert-OH is 1. The first-order valence-electron chi connectivity index (χ1n) is 6.47. The van der Waals surface area contributed by atoms with Crippen molar-refractivity contribution < 1.29 is 5.11 Å². The lowest BCUT2D eigenvalue weighted by molar-refractivity contribution is 0.295. The van der Waals surface area contributed by atoms with Crippen molar-refractivity contribution >= 4 is 5.69 Å². The molecule has 20 heavy (non-hydrogen) atoms. The molecular formula is C14H19N5O. The molecular weight excluding hydrogens is 254 g/mol. The van der Waals surface area contributed by atoms with Gasteiger partial charge in [0.1, 0.15) is 11.9 Å². The summed E-state index contributed by atoms with van der Waals surface area (Å²) < 4.78 is 0. The van der Waals surface area contributed by atoms with Gasteiger partial charge in [0.05, 0.1) is 18.0 Å².